The first kappa shape index (κ1) is 43.0. The molecule has 0 radical (unpaired) electrons. The maximum atomic E-state index is 12.4. The third kappa shape index (κ3) is 7.13. The second kappa shape index (κ2) is 15.8. The zero-order valence-corrected chi connectivity index (χ0v) is 38.9. The Kier molecular flexibility index (Phi) is 10.3. The van der Waals surface area contributed by atoms with Crippen molar-refractivity contribution in [2.45, 2.75) is 66.7 Å². The first-order chi connectivity index (χ1) is 31.6. The summed E-state index contributed by atoms with van der Waals surface area (Å²) in [4.78, 5) is 3.79. The smallest absolute Gasteiger partial charge is 0.294 e. The molecule has 0 amide bonds. The van der Waals surface area contributed by atoms with Crippen LogP contribution in [0.3, 0.4) is 0 Å². The van der Waals surface area contributed by atoms with E-state index in [0.717, 1.165) is 133 Å². The van der Waals surface area contributed by atoms with Crippen molar-refractivity contribution >= 4 is 94.7 Å². The molecule has 3 heterocycles. The van der Waals surface area contributed by atoms with Gasteiger partial charge in [-0.15, -0.1) is 8.67 Å². The maximum absolute atomic E-state index is 12.4. The number of hydrogen-bond acceptors (Lipinski definition) is 12. The van der Waals surface area contributed by atoms with E-state index < -0.39 is 15.5 Å². The van der Waals surface area contributed by atoms with Gasteiger partial charge in [0.05, 0.1) is 51.0 Å². The van der Waals surface area contributed by atoms with Crippen LogP contribution >= 0.6 is 24.1 Å². The highest BCUT2D eigenvalue weighted by Gasteiger charge is 2.46. The SMILES string of the molecule is Cc1ccc([N+]2=c3c(c4c(c5cc6ccc(S(=O)(=O)O)cc6cc35)=Cc3c(c5c(c6cc7cc(SOOO)ccc7cc36)N(Cc3ccc(SOOO)cc3)CC5(C)C)O4)C(C)(C)C2)cc1. The van der Waals surface area contributed by atoms with Crippen molar-refractivity contribution in [3.05, 3.63) is 148 Å². The minimum absolute atomic E-state index is 0.161. The lowest BCUT2D eigenvalue weighted by atomic mass is 9.80. The van der Waals surface area contributed by atoms with E-state index >= 15 is 0 Å². The van der Waals surface area contributed by atoms with Crippen LogP contribution < -0.4 is 24.8 Å². The summed E-state index contributed by atoms with van der Waals surface area (Å²) in [6.07, 6.45) is 2.29. The molecule has 12 nitrogen and oxygen atoms in total. The highest BCUT2D eigenvalue weighted by atomic mass is 32.2. The van der Waals surface area contributed by atoms with Crippen molar-refractivity contribution in [2.24, 2.45) is 0 Å². The number of hydrogen-bond donors (Lipinski definition) is 3. The van der Waals surface area contributed by atoms with Crippen LogP contribution in [-0.2, 0) is 46.2 Å². The molecule has 15 heteroatoms. The topological polar surface area (TPSA) is 147 Å². The largest absolute Gasteiger partial charge is 0.455 e. The van der Waals surface area contributed by atoms with Crippen molar-refractivity contribution in [3.8, 4) is 11.5 Å². The molecular formula is C51H43N2O10S3+. The number of aryl methyl sites for hydroxylation is 1. The van der Waals surface area contributed by atoms with Gasteiger partial charge in [-0.3, -0.25) is 4.55 Å². The molecule has 0 fully saturated rings. The molecule has 8 aromatic carbocycles. The molecule has 8 aromatic rings. The standard InChI is InChI=1S/C51H42N2O10S3/c1-28-6-12-34(13-7-28)53-27-51(4,5)45-47(53)41-23-33-19-37(66(56,57)58)17-11-31(33)21-39(41)43-24-42-38-20-30-10-16-36(65-63-61-55)18-32(30)22-40(38)46-44(48(42)59-49(43)45)50(2,3)26-52(46)25-29-8-14-35(15-9-29)64-62-60-54/h6-24H,25-27H2,1-5H3,(H2-,54,55,56,57,58)/p+1. The zero-order valence-electron chi connectivity index (χ0n) is 36.4. The zero-order chi connectivity index (χ0) is 45.9. The summed E-state index contributed by atoms with van der Waals surface area (Å²) in [6, 6.07) is 35.7. The first-order valence-electron chi connectivity index (χ1n) is 21.3. The van der Waals surface area contributed by atoms with Gasteiger partial charge in [0.2, 0.25) is 11.0 Å². The molecule has 0 aromatic heterocycles. The quantitative estimate of drug-likeness (QED) is 0.0299. The van der Waals surface area contributed by atoms with E-state index in [1.54, 1.807) is 12.1 Å². The molecule has 3 N–H and O–H groups in total. The highest BCUT2D eigenvalue weighted by molar-refractivity contribution is 7.94. The first-order valence-corrected chi connectivity index (χ1v) is 24.2. The second-order valence-corrected chi connectivity index (χ2v) is 21.6. The molecular weight excluding hydrogens is 897 g/mol. The summed E-state index contributed by atoms with van der Waals surface area (Å²) in [6.45, 7) is 13.1. The molecule has 3 aliphatic rings. The van der Waals surface area contributed by atoms with Crippen LogP contribution in [0.4, 0.5) is 11.4 Å². The molecule has 66 heavy (non-hydrogen) atoms. The minimum atomic E-state index is -4.45. The van der Waals surface area contributed by atoms with E-state index in [0.29, 0.717) is 25.0 Å². The lowest BCUT2D eigenvalue weighted by Crippen LogP contribution is -2.30. The summed E-state index contributed by atoms with van der Waals surface area (Å²) in [5.41, 5.74) is 6.71. The minimum Gasteiger partial charge on any atom is -0.455 e. The lowest BCUT2D eigenvalue weighted by molar-refractivity contribution is -0.432. The van der Waals surface area contributed by atoms with Crippen LogP contribution in [0.15, 0.2) is 124 Å². The molecule has 0 atom stereocenters. The van der Waals surface area contributed by atoms with Crippen LogP contribution in [0, 0.1) is 6.92 Å². The predicted molar refractivity (Wildman–Crippen MR) is 257 cm³/mol. The third-order valence-electron chi connectivity index (χ3n) is 13.2. The average molecular weight is 940 g/mol. The number of fused-ring (bicyclic) bond motifs is 14. The van der Waals surface area contributed by atoms with Gasteiger partial charge in [-0.05, 0) is 125 Å². The van der Waals surface area contributed by atoms with Crippen molar-refractivity contribution in [1.82, 2.24) is 4.58 Å². The van der Waals surface area contributed by atoms with E-state index in [2.05, 4.69) is 113 Å². The Balaban J connectivity index is 1.23. The molecule has 0 unspecified atom stereocenters. The molecule has 3 aliphatic heterocycles. The molecule has 0 spiro atoms. The van der Waals surface area contributed by atoms with Gasteiger partial charge < -0.3 is 9.64 Å². The van der Waals surface area contributed by atoms with E-state index in [1.165, 1.54) is 6.07 Å². The maximum Gasteiger partial charge on any atom is 0.294 e. The number of benzene rings is 8. The Morgan fingerprint density at radius 1 is 0.697 bits per heavy atom. The lowest BCUT2D eigenvalue weighted by Gasteiger charge is -2.28. The van der Waals surface area contributed by atoms with Gasteiger partial charge >= 0.3 is 0 Å². The van der Waals surface area contributed by atoms with Crippen molar-refractivity contribution in [1.29, 1.82) is 0 Å². The van der Waals surface area contributed by atoms with Crippen LogP contribution in [0.25, 0.3) is 49.2 Å². The molecule has 334 valence electrons. The molecule has 0 bridgehead atoms. The second-order valence-electron chi connectivity index (χ2n) is 18.6. The third-order valence-corrected chi connectivity index (χ3v) is 15.3. The number of rotatable bonds is 10. The van der Waals surface area contributed by atoms with Gasteiger partial charge in [0, 0.05) is 62.2 Å². The summed E-state index contributed by atoms with van der Waals surface area (Å²) in [5.74, 6) is 1.61. The number of nitrogens with zero attached hydrogens (tertiary/aromatic N) is 2. The Morgan fingerprint density at radius 3 is 2.05 bits per heavy atom. The van der Waals surface area contributed by atoms with Crippen molar-refractivity contribution < 1.29 is 47.0 Å². The molecule has 11 rings (SSSR count). The van der Waals surface area contributed by atoms with Gasteiger partial charge in [-0.1, -0.05) is 65.9 Å². The van der Waals surface area contributed by atoms with E-state index in [4.69, 9.17) is 19.6 Å². The van der Waals surface area contributed by atoms with Gasteiger partial charge in [-0.25, -0.2) is 10.5 Å². The predicted octanol–water partition coefficient (Wildman–Crippen LogP) is 11.1. The Hall–Kier alpha value is -5.56. The Morgan fingerprint density at radius 2 is 1.33 bits per heavy atom. The summed E-state index contributed by atoms with van der Waals surface area (Å²) < 4.78 is 54.4. The monoisotopic (exact) mass is 939 g/mol. The van der Waals surface area contributed by atoms with Crippen molar-refractivity contribution in [3.63, 3.8) is 0 Å². The van der Waals surface area contributed by atoms with Crippen molar-refractivity contribution in [2.75, 3.05) is 18.0 Å². The summed E-state index contributed by atoms with van der Waals surface area (Å²) >= 11 is 1.83. The average Bonchev–Trinajstić information content (AvgIpc) is 3.74. The normalized spacial score (nSPS) is 15.8. The number of anilines is 1. The molecule has 0 saturated heterocycles. The van der Waals surface area contributed by atoms with Crippen LogP contribution in [0.5, 0.6) is 11.5 Å². The Bertz CT molecular complexity index is 3620. The summed E-state index contributed by atoms with van der Waals surface area (Å²) in [5, 5.41) is 34.7. The fourth-order valence-corrected chi connectivity index (χ4v) is 11.7. The highest BCUT2D eigenvalue weighted by Crippen LogP contribution is 2.55. The fraction of sp³-hybridized carbons (Fsp3) is 0.196. The Labute approximate surface area is 388 Å². The number of ether oxygens (including phenoxy) is 1. The van der Waals surface area contributed by atoms with Gasteiger partial charge in [0.15, 0.2) is 6.54 Å². The van der Waals surface area contributed by atoms with Crippen LogP contribution in [0.2, 0.25) is 0 Å². The van der Waals surface area contributed by atoms with Gasteiger partial charge in [0.1, 0.15) is 11.5 Å². The van der Waals surface area contributed by atoms with Gasteiger partial charge in [0.25, 0.3) is 10.1 Å². The molecule has 0 saturated carbocycles. The van der Waals surface area contributed by atoms with E-state index in [9.17, 15) is 13.0 Å². The van der Waals surface area contributed by atoms with Gasteiger partial charge in [-0.2, -0.15) is 13.0 Å². The summed E-state index contributed by atoms with van der Waals surface area (Å²) in [7, 11) is -4.45. The van der Waals surface area contributed by atoms with E-state index in [-0.39, 0.29) is 10.3 Å². The van der Waals surface area contributed by atoms with E-state index in [1.807, 2.05) is 42.5 Å². The van der Waals surface area contributed by atoms with Crippen LogP contribution in [-0.4, -0.2) is 36.6 Å². The molecule has 0 aliphatic carbocycles. The fourth-order valence-electron chi connectivity index (χ4n) is 10.5. The van der Waals surface area contributed by atoms with Crippen LogP contribution in [0.1, 0.15) is 55.5 Å².